The van der Waals surface area contributed by atoms with Crippen molar-refractivity contribution in [3.8, 4) is 0 Å². The van der Waals surface area contributed by atoms with Crippen LogP contribution in [0.4, 0.5) is 10.1 Å². The van der Waals surface area contributed by atoms with Crippen LogP contribution in [0.1, 0.15) is 26.2 Å². The van der Waals surface area contributed by atoms with Gasteiger partial charge in [-0.2, -0.15) is 0 Å². The van der Waals surface area contributed by atoms with Crippen LogP contribution in [0.15, 0.2) is 18.2 Å². The predicted octanol–water partition coefficient (Wildman–Crippen LogP) is 4.08. The van der Waals surface area contributed by atoms with E-state index in [1.54, 1.807) is 6.07 Å². The predicted molar refractivity (Wildman–Crippen MR) is 61.8 cm³/mol. The molecule has 0 spiro atoms. The molecule has 1 nitrogen and oxygen atoms in total. The van der Waals surface area contributed by atoms with Crippen LogP contribution in [0.2, 0.25) is 5.02 Å². The lowest BCUT2D eigenvalue weighted by atomic mass is 10.1. The normalized spacial score (nSPS) is 17.5. The van der Waals surface area contributed by atoms with Gasteiger partial charge in [0.15, 0.2) is 0 Å². The minimum absolute atomic E-state index is 0.181. The van der Waals surface area contributed by atoms with Crippen LogP contribution in [-0.2, 0) is 0 Å². The van der Waals surface area contributed by atoms with E-state index in [4.69, 9.17) is 11.6 Å². The fourth-order valence-corrected chi connectivity index (χ4v) is 1.97. The molecule has 0 amide bonds. The highest BCUT2D eigenvalue weighted by Crippen LogP contribution is 2.35. The first-order valence-corrected chi connectivity index (χ1v) is 5.80. The Morgan fingerprint density at radius 1 is 1.53 bits per heavy atom. The molecule has 1 fully saturated rings. The molecule has 1 saturated carbocycles. The van der Waals surface area contributed by atoms with Gasteiger partial charge in [0.1, 0.15) is 5.82 Å². The molecule has 82 valence electrons. The molecule has 1 unspecified atom stereocenters. The first kappa shape index (κ1) is 10.7. The highest BCUT2D eigenvalue weighted by molar-refractivity contribution is 6.30. The average molecular weight is 228 g/mol. The number of hydrogen-bond acceptors (Lipinski definition) is 1. The number of nitrogens with one attached hydrogen (secondary N) is 1. The summed E-state index contributed by atoms with van der Waals surface area (Å²) in [7, 11) is 0. The average Bonchev–Trinajstić information content (AvgIpc) is 3.03. The SMILES string of the molecule is CCC(Nc1ccc(Cl)c(F)c1)C1CC1. The van der Waals surface area contributed by atoms with Crippen molar-refractivity contribution < 1.29 is 4.39 Å². The molecule has 0 bridgehead atoms. The minimum atomic E-state index is -0.354. The lowest BCUT2D eigenvalue weighted by Crippen LogP contribution is -2.20. The van der Waals surface area contributed by atoms with Gasteiger partial charge in [0.25, 0.3) is 0 Å². The van der Waals surface area contributed by atoms with Gasteiger partial charge in [0, 0.05) is 11.7 Å². The Morgan fingerprint density at radius 3 is 2.80 bits per heavy atom. The highest BCUT2D eigenvalue weighted by Gasteiger charge is 2.29. The molecule has 1 aromatic rings. The number of hydrogen-bond donors (Lipinski definition) is 1. The van der Waals surface area contributed by atoms with Crippen molar-refractivity contribution in [2.24, 2.45) is 5.92 Å². The fourth-order valence-electron chi connectivity index (χ4n) is 1.85. The lowest BCUT2D eigenvalue weighted by Gasteiger charge is -2.17. The molecular weight excluding hydrogens is 213 g/mol. The van der Waals surface area contributed by atoms with Gasteiger partial charge < -0.3 is 5.32 Å². The van der Waals surface area contributed by atoms with E-state index in [0.717, 1.165) is 18.0 Å². The van der Waals surface area contributed by atoms with Crippen molar-refractivity contribution in [3.63, 3.8) is 0 Å². The van der Waals surface area contributed by atoms with Gasteiger partial charge in [-0.05, 0) is 43.4 Å². The maximum atomic E-state index is 13.2. The second-order valence-corrected chi connectivity index (χ2v) is 4.53. The monoisotopic (exact) mass is 227 g/mol. The van der Waals surface area contributed by atoms with E-state index in [-0.39, 0.29) is 10.8 Å². The summed E-state index contributed by atoms with van der Waals surface area (Å²) in [6.07, 6.45) is 3.66. The van der Waals surface area contributed by atoms with Crippen LogP contribution in [0.5, 0.6) is 0 Å². The molecule has 1 atom stereocenters. The molecule has 2 rings (SSSR count). The summed E-state index contributed by atoms with van der Waals surface area (Å²) in [6.45, 7) is 2.16. The third kappa shape index (κ3) is 2.63. The van der Waals surface area contributed by atoms with Crippen LogP contribution in [0, 0.1) is 11.7 Å². The highest BCUT2D eigenvalue weighted by atomic mass is 35.5. The van der Waals surface area contributed by atoms with E-state index < -0.39 is 0 Å². The first-order chi connectivity index (χ1) is 7.20. The van der Waals surface area contributed by atoms with E-state index >= 15 is 0 Å². The molecular formula is C12H15ClFN. The van der Waals surface area contributed by atoms with Gasteiger partial charge in [-0.1, -0.05) is 18.5 Å². The lowest BCUT2D eigenvalue weighted by molar-refractivity contribution is 0.610. The summed E-state index contributed by atoms with van der Waals surface area (Å²) >= 11 is 5.62. The van der Waals surface area contributed by atoms with Crippen molar-refractivity contribution >= 4 is 17.3 Å². The summed E-state index contributed by atoms with van der Waals surface area (Å²) in [6, 6.07) is 5.37. The Hall–Kier alpha value is -0.760. The van der Waals surface area contributed by atoms with Crippen molar-refractivity contribution in [1.29, 1.82) is 0 Å². The molecule has 0 aliphatic heterocycles. The van der Waals surface area contributed by atoms with Crippen molar-refractivity contribution in [1.82, 2.24) is 0 Å². The Morgan fingerprint density at radius 2 is 2.27 bits per heavy atom. The zero-order valence-electron chi connectivity index (χ0n) is 8.76. The zero-order valence-corrected chi connectivity index (χ0v) is 9.52. The first-order valence-electron chi connectivity index (χ1n) is 5.42. The van der Waals surface area contributed by atoms with E-state index in [9.17, 15) is 4.39 Å². The van der Waals surface area contributed by atoms with Gasteiger partial charge in [-0.3, -0.25) is 0 Å². The second-order valence-electron chi connectivity index (χ2n) is 4.13. The van der Waals surface area contributed by atoms with E-state index in [1.165, 1.54) is 18.9 Å². The van der Waals surface area contributed by atoms with Crippen molar-refractivity contribution in [3.05, 3.63) is 29.0 Å². The molecule has 0 radical (unpaired) electrons. The van der Waals surface area contributed by atoms with Crippen LogP contribution < -0.4 is 5.32 Å². The van der Waals surface area contributed by atoms with Gasteiger partial charge >= 0.3 is 0 Å². The summed E-state index contributed by atoms with van der Waals surface area (Å²) in [5.74, 6) is 0.418. The second kappa shape index (κ2) is 4.40. The molecule has 0 heterocycles. The Balaban J connectivity index is 2.05. The Labute approximate surface area is 94.6 Å². The third-order valence-electron chi connectivity index (χ3n) is 2.90. The number of halogens is 2. The van der Waals surface area contributed by atoms with Crippen LogP contribution >= 0.6 is 11.6 Å². The van der Waals surface area contributed by atoms with Crippen molar-refractivity contribution in [2.45, 2.75) is 32.2 Å². The van der Waals surface area contributed by atoms with Crippen LogP contribution in [-0.4, -0.2) is 6.04 Å². The van der Waals surface area contributed by atoms with E-state index in [1.807, 2.05) is 6.07 Å². The van der Waals surface area contributed by atoms with Gasteiger partial charge in [0.2, 0.25) is 0 Å². The molecule has 0 saturated heterocycles. The van der Waals surface area contributed by atoms with E-state index in [0.29, 0.717) is 6.04 Å². The quantitative estimate of drug-likeness (QED) is 0.817. The topological polar surface area (TPSA) is 12.0 Å². The molecule has 15 heavy (non-hydrogen) atoms. The summed E-state index contributed by atoms with van der Waals surface area (Å²) in [4.78, 5) is 0. The molecule has 1 aromatic carbocycles. The standard InChI is InChI=1S/C12H15ClFN/c1-2-12(8-3-4-8)15-9-5-6-10(13)11(14)7-9/h5-8,12,15H,2-4H2,1H3. The molecule has 1 aliphatic rings. The van der Waals surface area contributed by atoms with Gasteiger partial charge in [-0.25, -0.2) is 4.39 Å². The fraction of sp³-hybridized carbons (Fsp3) is 0.500. The number of anilines is 1. The Bertz CT molecular complexity index is 349. The molecule has 3 heteroatoms. The largest absolute Gasteiger partial charge is 0.382 e. The van der Waals surface area contributed by atoms with Gasteiger partial charge in [-0.15, -0.1) is 0 Å². The molecule has 1 N–H and O–H groups in total. The molecule has 0 aromatic heterocycles. The smallest absolute Gasteiger partial charge is 0.143 e. The van der Waals surface area contributed by atoms with Crippen molar-refractivity contribution in [2.75, 3.05) is 5.32 Å². The molecule has 1 aliphatic carbocycles. The van der Waals surface area contributed by atoms with Crippen LogP contribution in [0.25, 0.3) is 0 Å². The van der Waals surface area contributed by atoms with Gasteiger partial charge in [0.05, 0.1) is 5.02 Å². The maximum Gasteiger partial charge on any atom is 0.143 e. The van der Waals surface area contributed by atoms with E-state index in [2.05, 4.69) is 12.2 Å². The van der Waals surface area contributed by atoms with Crippen LogP contribution in [0.3, 0.4) is 0 Å². The summed E-state index contributed by atoms with van der Waals surface area (Å²) in [5.41, 5.74) is 0.829. The zero-order chi connectivity index (χ0) is 10.8. The third-order valence-corrected chi connectivity index (χ3v) is 3.21. The number of benzene rings is 1. The summed E-state index contributed by atoms with van der Waals surface area (Å²) in [5, 5.41) is 3.54. The maximum absolute atomic E-state index is 13.2. The number of rotatable bonds is 4. The Kier molecular flexibility index (Phi) is 3.15. The summed E-state index contributed by atoms with van der Waals surface area (Å²) < 4.78 is 13.2. The minimum Gasteiger partial charge on any atom is -0.382 e.